The molecule has 0 aliphatic carbocycles. The predicted octanol–water partition coefficient (Wildman–Crippen LogP) is 6.22. The summed E-state index contributed by atoms with van der Waals surface area (Å²) in [4.78, 5) is 10.3. The van der Waals surface area contributed by atoms with E-state index in [0.29, 0.717) is 36.3 Å². The lowest BCUT2D eigenvalue weighted by Gasteiger charge is -2.14. The summed E-state index contributed by atoms with van der Waals surface area (Å²) in [7, 11) is 3.26. The Labute approximate surface area is 197 Å². The van der Waals surface area contributed by atoms with Gasteiger partial charge >= 0.3 is 0 Å². The van der Waals surface area contributed by atoms with Crippen molar-refractivity contribution in [3.05, 3.63) is 47.6 Å². The van der Waals surface area contributed by atoms with Crippen LogP contribution >= 0.6 is 11.3 Å². The molecule has 0 unspecified atom stereocenters. The molecule has 0 saturated carbocycles. The Balaban J connectivity index is 1.79. The number of ether oxygens (including phenoxy) is 4. The first-order chi connectivity index (χ1) is 16.1. The van der Waals surface area contributed by atoms with Gasteiger partial charge in [-0.25, -0.2) is 9.97 Å². The highest BCUT2D eigenvalue weighted by molar-refractivity contribution is 7.17. The Bertz CT molecular complexity index is 1270. The lowest BCUT2D eigenvalue weighted by Crippen LogP contribution is -2.01. The van der Waals surface area contributed by atoms with Crippen LogP contribution in [0.15, 0.2) is 41.8 Å². The molecule has 0 bridgehead atoms. The van der Waals surface area contributed by atoms with Crippen molar-refractivity contribution in [2.24, 2.45) is 0 Å². The van der Waals surface area contributed by atoms with Gasteiger partial charge < -0.3 is 24.3 Å². The zero-order valence-corrected chi connectivity index (χ0v) is 20.2. The van der Waals surface area contributed by atoms with Gasteiger partial charge in [0.25, 0.3) is 0 Å². The molecule has 7 nitrogen and oxygen atoms in total. The summed E-state index contributed by atoms with van der Waals surface area (Å²) in [6.45, 7) is 6.92. The third kappa shape index (κ3) is 4.66. The first-order valence-electron chi connectivity index (χ1n) is 10.7. The molecule has 4 rings (SSSR count). The maximum Gasteiger partial charge on any atom is 0.163 e. The maximum absolute atomic E-state index is 5.78. The molecule has 0 fully saturated rings. The lowest BCUT2D eigenvalue weighted by atomic mass is 10.1. The summed E-state index contributed by atoms with van der Waals surface area (Å²) in [5, 5.41) is 6.51. The number of anilines is 2. The Morgan fingerprint density at radius 3 is 2.30 bits per heavy atom. The molecule has 2 heterocycles. The van der Waals surface area contributed by atoms with Crippen LogP contribution in [0, 0.1) is 6.92 Å². The van der Waals surface area contributed by atoms with Gasteiger partial charge in [-0.2, -0.15) is 0 Å². The molecule has 8 heteroatoms. The Hall–Kier alpha value is -3.52. The fraction of sp³-hybridized carbons (Fsp3) is 0.280. The van der Waals surface area contributed by atoms with Crippen LogP contribution in [-0.2, 0) is 0 Å². The van der Waals surface area contributed by atoms with Crippen LogP contribution < -0.4 is 24.3 Å². The van der Waals surface area contributed by atoms with Gasteiger partial charge in [0.1, 0.15) is 16.5 Å². The topological polar surface area (TPSA) is 74.7 Å². The number of hydrogen-bond donors (Lipinski definition) is 1. The number of thiophene rings is 1. The third-order valence-corrected chi connectivity index (χ3v) is 5.92. The molecule has 0 spiro atoms. The summed E-state index contributed by atoms with van der Waals surface area (Å²) >= 11 is 1.58. The lowest BCUT2D eigenvalue weighted by molar-refractivity contribution is 0.288. The van der Waals surface area contributed by atoms with Crippen LogP contribution in [0.1, 0.15) is 19.7 Å². The van der Waals surface area contributed by atoms with Crippen molar-refractivity contribution >= 4 is 33.1 Å². The number of hydrogen-bond acceptors (Lipinski definition) is 8. The minimum absolute atomic E-state index is 0.550. The molecule has 2 aromatic heterocycles. The molecule has 0 amide bonds. The van der Waals surface area contributed by atoms with Crippen LogP contribution in [0.2, 0.25) is 0 Å². The highest BCUT2D eigenvalue weighted by atomic mass is 32.1. The van der Waals surface area contributed by atoms with E-state index >= 15 is 0 Å². The molecular formula is C25H27N3O4S. The molecule has 2 aromatic carbocycles. The normalized spacial score (nSPS) is 10.8. The molecule has 0 radical (unpaired) electrons. The second-order valence-corrected chi connectivity index (χ2v) is 8.03. The number of nitrogens with zero attached hydrogens (tertiary/aromatic N) is 2. The van der Waals surface area contributed by atoms with Crippen LogP contribution in [-0.4, -0.2) is 37.4 Å². The van der Waals surface area contributed by atoms with Gasteiger partial charge in [-0.3, -0.25) is 0 Å². The predicted molar refractivity (Wildman–Crippen MR) is 133 cm³/mol. The van der Waals surface area contributed by atoms with Crippen LogP contribution in [0.25, 0.3) is 21.3 Å². The molecule has 0 atom stereocenters. The SMILES string of the molecule is CCOc1ccc(Nc2nc(C)nc3scc(-c4ccc(OC)c(OC)c4)c23)cc1OCC. The van der Waals surface area contributed by atoms with Crippen molar-refractivity contribution < 1.29 is 18.9 Å². The van der Waals surface area contributed by atoms with Gasteiger partial charge in [-0.15, -0.1) is 11.3 Å². The average molecular weight is 466 g/mol. The number of aryl methyl sites for hydroxylation is 1. The zero-order chi connectivity index (χ0) is 23.4. The van der Waals surface area contributed by atoms with E-state index in [-0.39, 0.29) is 0 Å². The molecule has 0 saturated heterocycles. The number of nitrogens with one attached hydrogen (secondary N) is 1. The van der Waals surface area contributed by atoms with Gasteiger partial charge in [-0.1, -0.05) is 6.07 Å². The summed E-state index contributed by atoms with van der Waals surface area (Å²) in [6.07, 6.45) is 0. The van der Waals surface area contributed by atoms with E-state index in [2.05, 4.69) is 15.7 Å². The van der Waals surface area contributed by atoms with E-state index in [0.717, 1.165) is 38.6 Å². The van der Waals surface area contributed by atoms with Gasteiger partial charge in [0, 0.05) is 22.7 Å². The fourth-order valence-corrected chi connectivity index (χ4v) is 4.61. The quantitative estimate of drug-likeness (QED) is 0.314. The summed E-state index contributed by atoms with van der Waals surface area (Å²) < 4.78 is 22.4. The number of benzene rings is 2. The van der Waals surface area contributed by atoms with E-state index in [4.69, 9.17) is 23.9 Å². The molecule has 33 heavy (non-hydrogen) atoms. The van der Waals surface area contributed by atoms with E-state index in [9.17, 15) is 0 Å². The number of aromatic nitrogens is 2. The third-order valence-electron chi connectivity index (χ3n) is 5.05. The first kappa shape index (κ1) is 22.7. The smallest absolute Gasteiger partial charge is 0.163 e. The van der Waals surface area contributed by atoms with Crippen molar-refractivity contribution in [1.82, 2.24) is 9.97 Å². The van der Waals surface area contributed by atoms with Gasteiger partial charge in [0.2, 0.25) is 0 Å². The molecule has 0 aliphatic heterocycles. The van der Waals surface area contributed by atoms with Gasteiger partial charge in [0.05, 0.1) is 32.8 Å². The first-order valence-corrected chi connectivity index (χ1v) is 11.6. The minimum Gasteiger partial charge on any atom is -0.493 e. The van der Waals surface area contributed by atoms with Crippen LogP contribution in [0.4, 0.5) is 11.5 Å². The average Bonchev–Trinajstić information content (AvgIpc) is 3.24. The molecule has 0 aliphatic rings. The Morgan fingerprint density at radius 2 is 1.58 bits per heavy atom. The Morgan fingerprint density at radius 1 is 0.848 bits per heavy atom. The van der Waals surface area contributed by atoms with Crippen LogP contribution in [0.5, 0.6) is 23.0 Å². The highest BCUT2D eigenvalue weighted by Crippen LogP contribution is 2.41. The maximum atomic E-state index is 5.78. The monoisotopic (exact) mass is 465 g/mol. The molecule has 172 valence electrons. The number of rotatable bonds is 9. The second-order valence-electron chi connectivity index (χ2n) is 7.17. The van der Waals surface area contributed by atoms with Crippen molar-refractivity contribution in [3.8, 4) is 34.1 Å². The fourth-order valence-electron chi connectivity index (χ4n) is 3.62. The van der Waals surface area contributed by atoms with Gasteiger partial charge in [0.15, 0.2) is 23.0 Å². The zero-order valence-electron chi connectivity index (χ0n) is 19.4. The van der Waals surface area contributed by atoms with Gasteiger partial charge in [-0.05, 0) is 50.6 Å². The highest BCUT2D eigenvalue weighted by Gasteiger charge is 2.17. The summed E-state index contributed by atoms with van der Waals surface area (Å²) in [5.41, 5.74) is 2.87. The summed E-state index contributed by atoms with van der Waals surface area (Å²) in [5.74, 6) is 4.19. The molecular weight excluding hydrogens is 438 g/mol. The molecule has 4 aromatic rings. The van der Waals surface area contributed by atoms with Crippen LogP contribution in [0.3, 0.4) is 0 Å². The minimum atomic E-state index is 0.550. The van der Waals surface area contributed by atoms with E-state index < -0.39 is 0 Å². The van der Waals surface area contributed by atoms with E-state index in [1.807, 2.05) is 57.2 Å². The number of fused-ring (bicyclic) bond motifs is 1. The largest absolute Gasteiger partial charge is 0.493 e. The number of methoxy groups -OCH3 is 2. The Kier molecular flexibility index (Phi) is 6.84. The van der Waals surface area contributed by atoms with Crippen molar-refractivity contribution in [2.45, 2.75) is 20.8 Å². The van der Waals surface area contributed by atoms with E-state index in [1.54, 1.807) is 25.6 Å². The van der Waals surface area contributed by atoms with Crippen molar-refractivity contribution in [1.29, 1.82) is 0 Å². The summed E-state index contributed by atoms with van der Waals surface area (Å²) in [6, 6.07) is 11.7. The van der Waals surface area contributed by atoms with E-state index in [1.165, 1.54) is 0 Å². The van der Waals surface area contributed by atoms with Crippen molar-refractivity contribution in [2.75, 3.05) is 32.8 Å². The standard InChI is InChI=1S/C25H27N3O4S/c1-6-31-20-11-9-17(13-22(20)32-7-2)28-24-23-18(14-33-25(23)27-15(3)26-24)16-8-10-19(29-4)21(12-16)30-5/h8-14H,6-7H2,1-5H3,(H,26,27,28). The second kappa shape index (κ2) is 9.95. The molecule has 1 N–H and O–H groups in total. The van der Waals surface area contributed by atoms with Crippen molar-refractivity contribution in [3.63, 3.8) is 0 Å².